The summed E-state index contributed by atoms with van der Waals surface area (Å²) in [5.74, 6) is -2.62. The molecule has 17 heavy (non-hydrogen) atoms. The monoisotopic (exact) mass is 241 g/mol. The molecular formula is C13H17F2NO. The maximum absolute atomic E-state index is 13.1. The van der Waals surface area contributed by atoms with E-state index in [0.717, 1.165) is 5.56 Å². The van der Waals surface area contributed by atoms with Gasteiger partial charge in [-0.3, -0.25) is 0 Å². The van der Waals surface area contributed by atoms with E-state index in [4.69, 9.17) is 5.73 Å². The Morgan fingerprint density at radius 2 is 1.59 bits per heavy atom. The van der Waals surface area contributed by atoms with Crippen molar-refractivity contribution in [3.05, 3.63) is 35.4 Å². The molecule has 1 aromatic carbocycles. The molecule has 0 bridgehead atoms. The first-order chi connectivity index (χ1) is 7.95. The summed E-state index contributed by atoms with van der Waals surface area (Å²) >= 11 is 0. The number of nitrogens with two attached hydrogens (primary N) is 1. The molecule has 0 aromatic heterocycles. The van der Waals surface area contributed by atoms with Crippen LogP contribution in [0.3, 0.4) is 0 Å². The summed E-state index contributed by atoms with van der Waals surface area (Å²) in [5, 5.41) is 10.4. The third-order valence-electron chi connectivity index (χ3n) is 3.54. The number of hydrogen-bond donors (Lipinski definition) is 2. The molecule has 0 unspecified atom stereocenters. The van der Waals surface area contributed by atoms with Gasteiger partial charge < -0.3 is 10.8 Å². The molecule has 0 heterocycles. The summed E-state index contributed by atoms with van der Waals surface area (Å²) in [6, 6.07) is 7.23. The van der Waals surface area contributed by atoms with Gasteiger partial charge >= 0.3 is 0 Å². The van der Waals surface area contributed by atoms with E-state index in [1.54, 1.807) is 12.1 Å². The van der Waals surface area contributed by atoms with Gasteiger partial charge in [0.05, 0.1) is 5.60 Å². The molecule has 94 valence electrons. The average molecular weight is 241 g/mol. The molecule has 3 N–H and O–H groups in total. The van der Waals surface area contributed by atoms with Crippen LogP contribution in [0.15, 0.2) is 24.3 Å². The summed E-state index contributed by atoms with van der Waals surface area (Å²) in [5.41, 5.74) is 6.07. The largest absolute Gasteiger partial charge is 0.385 e. The van der Waals surface area contributed by atoms with Crippen molar-refractivity contribution in [1.29, 1.82) is 0 Å². The highest BCUT2D eigenvalue weighted by Crippen LogP contribution is 2.43. The zero-order valence-electron chi connectivity index (χ0n) is 9.63. The van der Waals surface area contributed by atoms with Crippen molar-refractivity contribution in [2.45, 2.75) is 43.8 Å². The van der Waals surface area contributed by atoms with Gasteiger partial charge in [-0.15, -0.1) is 0 Å². The Bertz CT molecular complexity index is 379. The van der Waals surface area contributed by atoms with Crippen molar-refractivity contribution in [3.8, 4) is 0 Å². The van der Waals surface area contributed by atoms with Crippen LogP contribution in [-0.4, -0.2) is 11.0 Å². The highest BCUT2D eigenvalue weighted by Gasteiger charge is 2.43. The minimum Gasteiger partial charge on any atom is -0.385 e. The Balaban J connectivity index is 2.15. The molecule has 0 spiro atoms. The van der Waals surface area contributed by atoms with E-state index in [2.05, 4.69) is 0 Å². The second kappa shape index (κ2) is 4.35. The number of rotatable bonds is 2. The van der Waals surface area contributed by atoms with Gasteiger partial charge in [0.1, 0.15) is 0 Å². The van der Waals surface area contributed by atoms with E-state index in [1.165, 1.54) is 0 Å². The lowest BCUT2D eigenvalue weighted by molar-refractivity contribution is -0.107. The first kappa shape index (κ1) is 12.5. The van der Waals surface area contributed by atoms with Gasteiger partial charge in [-0.05, 0) is 24.0 Å². The van der Waals surface area contributed by atoms with E-state index in [-0.39, 0.29) is 25.7 Å². The van der Waals surface area contributed by atoms with Crippen LogP contribution in [0.4, 0.5) is 8.78 Å². The third-order valence-corrected chi connectivity index (χ3v) is 3.54. The van der Waals surface area contributed by atoms with Crippen molar-refractivity contribution in [3.63, 3.8) is 0 Å². The van der Waals surface area contributed by atoms with Crippen molar-refractivity contribution >= 4 is 0 Å². The highest BCUT2D eigenvalue weighted by molar-refractivity contribution is 5.27. The fourth-order valence-electron chi connectivity index (χ4n) is 2.27. The molecule has 4 heteroatoms. The van der Waals surface area contributed by atoms with Gasteiger partial charge in [0.25, 0.3) is 0 Å². The third kappa shape index (κ3) is 2.64. The minimum atomic E-state index is -2.62. The summed E-state index contributed by atoms with van der Waals surface area (Å²) in [6.45, 7) is 0.441. The fourth-order valence-corrected chi connectivity index (χ4v) is 2.27. The quantitative estimate of drug-likeness (QED) is 0.835. The Labute approximate surface area is 99.4 Å². The topological polar surface area (TPSA) is 46.2 Å². The predicted molar refractivity (Wildman–Crippen MR) is 61.6 cm³/mol. The van der Waals surface area contributed by atoms with Gasteiger partial charge in [0, 0.05) is 19.4 Å². The SMILES string of the molecule is NCc1ccc(C2(O)CCC(F)(F)CC2)cc1. The van der Waals surface area contributed by atoms with Crippen molar-refractivity contribution < 1.29 is 13.9 Å². The van der Waals surface area contributed by atoms with Gasteiger partial charge in [0.2, 0.25) is 5.92 Å². The molecule has 1 aliphatic carbocycles. The molecule has 0 radical (unpaired) electrons. The molecule has 1 fully saturated rings. The van der Waals surface area contributed by atoms with E-state index >= 15 is 0 Å². The summed E-state index contributed by atoms with van der Waals surface area (Å²) in [7, 11) is 0. The number of benzene rings is 1. The zero-order valence-corrected chi connectivity index (χ0v) is 9.63. The molecule has 2 rings (SSSR count). The highest BCUT2D eigenvalue weighted by atomic mass is 19.3. The van der Waals surface area contributed by atoms with Crippen LogP contribution in [0.1, 0.15) is 36.8 Å². The molecule has 1 aromatic rings. The van der Waals surface area contributed by atoms with Gasteiger partial charge in [-0.25, -0.2) is 8.78 Å². The molecule has 0 saturated heterocycles. The standard InChI is InChI=1S/C13H17F2NO/c14-13(15)7-5-12(17,6-8-13)11-3-1-10(9-16)2-4-11/h1-4,17H,5-9,16H2. The van der Waals surface area contributed by atoms with Crippen LogP contribution < -0.4 is 5.73 Å². The van der Waals surface area contributed by atoms with Crippen LogP contribution in [0.2, 0.25) is 0 Å². The van der Waals surface area contributed by atoms with Crippen molar-refractivity contribution in [2.75, 3.05) is 0 Å². The van der Waals surface area contributed by atoms with Crippen LogP contribution >= 0.6 is 0 Å². The Morgan fingerprint density at radius 1 is 1.06 bits per heavy atom. The Hall–Kier alpha value is -1.00. The lowest BCUT2D eigenvalue weighted by atomic mass is 9.78. The van der Waals surface area contributed by atoms with Gasteiger partial charge in [-0.2, -0.15) is 0 Å². The van der Waals surface area contributed by atoms with E-state index in [0.29, 0.717) is 12.1 Å². The van der Waals surface area contributed by atoms with Crippen LogP contribution in [0.5, 0.6) is 0 Å². The second-order valence-corrected chi connectivity index (χ2v) is 4.79. The molecule has 0 aliphatic heterocycles. The van der Waals surface area contributed by atoms with Crippen LogP contribution in [0.25, 0.3) is 0 Å². The molecule has 2 nitrogen and oxygen atoms in total. The molecule has 1 saturated carbocycles. The molecule has 0 atom stereocenters. The molecular weight excluding hydrogens is 224 g/mol. The summed E-state index contributed by atoms with van der Waals surface area (Å²) in [6.07, 6.45) is -0.270. The lowest BCUT2D eigenvalue weighted by Gasteiger charge is -2.36. The first-order valence-electron chi connectivity index (χ1n) is 5.85. The smallest absolute Gasteiger partial charge is 0.248 e. The predicted octanol–water partition coefficient (Wildman–Crippen LogP) is 2.54. The number of aliphatic hydroxyl groups is 1. The summed E-state index contributed by atoms with van der Waals surface area (Å²) < 4.78 is 26.1. The first-order valence-corrected chi connectivity index (χ1v) is 5.85. The van der Waals surface area contributed by atoms with E-state index < -0.39 is 11.5 Å². The average Bonchev–Trinajstić information content (AvgIpc) is 2.34. The Morgan fingerprint density at radius 3 is 2.06 bits per heavy atom. The maximum atomic E-state index is 13.1. The number of halogens is 2. The maximum Gasteiger partial charge on any atom is 0.248 e. The second-order valence-electron chi connectivity index (χ2n) is 4.79. The molecule has 0 amide bonds. The summed E-state index contributed by atoms with van der Waals surface area (Å²) in [4.78, 5) is 0. The van der Waals surface area contributed by atoms with E-state index in [9.17, 15) is 13.9 Å². The Kier molecular flexibility index (Phi) is 3.19. The fraction of sp³-hybridized carbons (Fsp3) is 0.538. The van der Waals surface area contributed by atoms with E-state index in [1.807, 2.05) is 12.1 Å². The zero-order chi connectivity index (χ0) is 12.5. The van der Waals surface area contributed by atoms with Crippen molar-refractivity contribution in [2.24, 2.45) is 5.73 Å². The number of alkyl halides is 2. The molecule has 1 aliphatic rings. The minimum absolute atomic E-state index is 0.113. The van der Waals surface area contributed by atoms with Gasteiger partial charge in [-0.1, -0.05) is 24.3 Å². The van der Waals surface area contributed by atoms with Crippen molar-refractivity contribution in [1.82, 2.24) is 0 Å². The normalized spacial score (nSPS) is 22.4. The number of hydrogen-bond acceptors (Lipinski definition) is 2. The van der Waals surface area contributed by atoms with Crippen LogP contribution in [0, 0.1) is 0 Å². The van der Waals surface area contributed by atoms with Gasteiger partial charge in [0.15, 0.2) is 0 Å². The lowest BCUT2D eigenvalue weighted by Crippen LogP contribution is -2.36. The van der Waals surface area contributed by atoms with Crippen LogP contribution in [-0.2, 0) is 12.1 Å².